The van der Waals surface area contributed by atoms with Crippen LogP contribution in [0.5, 0.6) is 5.75 Å². The molecule has 92 valence electrons. The topological polar surface area (TPSA) is 60.4 Å². The van der Waals surface area contributed by atoms with Crippen molar-refractivity contribution in [3.05, 3.63) is 29.8 Å². The summed E-state index contributed by atoms with van der Waals surface area (Å²) in [6.07, 6.45) is 1.91. The van der Waals surface area contributed by atoms with Crippen molar-refractivity contribution in [2.45, 2.75) is 11.2 Å². The molecule has 0 heterocycles. The van der Waals surface area contributed by atoms with Gasteiger partial charge in [0.2, 0.25) is 0 Å². The highest BCUT2D eigenvalue weighted by atomic mass is 32.2. The van der Waals surface area contributed by atoms with Crippen LogP contribution >= 0.6 is 0 Å². The van der Waals surface area contributed by atoms with Crippen molar-refractivity contribution in [2.75, 3.05) is 13.4 Å². The molecule has 1 aromatic carbocycles. The molecule has 2 rings (SSSR count). The highest BCUT2D eigenvalue weighted by Crippen LogP contribution is 2.50. The number of sulfone groups is 1. The van der Waals surface area contributed by atoms with Crippen molar-refractivity contribution in [3.8, 4) is 5.75 Å². The maximum atomic E-state index is 11.5. The molecule has 0 saturated heterocycles. The van der Waals surface area contributed by atoms with E-state index >= 15 is 0 Å². The Labute approximate surface area is 101 Å². The second-order valence-electron chi connectivity index (χ2n) is 4.31. The van der Waals surface area contributed by atoms with E-state index in [2.05, 4.69) is 0 Å². The highest BCUT2D eigenvalue weighted by molar-refractivity contribution is 7.91. The molecule has 17 heavy (non-hydrogen) atoms. The van der Waals surface area contributed by atoms with Gasteiger partial charge in [0.1, 0.15) is 12.0 Å². The van der Waals surface area contributed by atoms with Crippen LogP contribution in [0.15, 0.2) is 24.3 Å². The Kier molecular flexibility index (Phi) is 2.95. The van der Waals surface area contributed by atoms with Gasteiger partial charge in [-0.05, 0) is 17.7 Å². The van der Waals surface area contributed by atoms with Gasteiger partial charge in [0, 0.05) is 18.1 Å². The van der Waals surface area contributed by atoms with Crippen LogP contribution < -0.4 is 4.74 Å². The zero-order chi connectivity index (χ0) is 12.6. The monoisotopic (exact) mass is 254 g/mol. The van der Waals surface area contributed by atoms with Crippen molar-refractivity contribution in [2.24, 2.45) is 5.92 Å². The van der Waals surface area contributed by atoms with Gasteiger partial charge in [-0.3, -0.25) is 0 Å². The Bertz CT molecular complexity index is 518. The van der Waals surface area contributed by atoms with Gasteiger partial charge >= 0.3 is 0 Å². The Morgan fingerprint density at radius 1 is 1.24 bits per heavy atom. The Morgan fingerprint density at radius 3 is 2.18 bits per heavy atom. The van der Waals surface area contributed by atoms with E-state index in [9.17, 15) is 13.2 Å². The van der Waals surface area contributed by atoms with Gasteiger partial charge in [-0.25, -0.2) is 8.42 Å². The van der Waals surface area contributed by atoms with Crippen molar-refractivity contribution >= 4 is 16.1 Å². The molecule has 1 fully saturated rings. The summed E-state index contributed by atoms with van der Waals surface area (Å²) in [6.45, 7) is 0. The van der Waals surface area contributed by atoms with Crippen LogP contribution in [0.3, 0.4) is 0 Å². The number of rotatable bonds is 4. The number of hydrogen-bond donors (Lipinski definition) is 0. The predicted octanol–water partition coefficient (Wildman–Crippen LogP) is 1.02. The van der Waals surface area contributed by atoms with Gasteiger partial charge in [0.05, 0.1) is 12.4 Å². The minimum absolute atomic E-state index is 0.201. The fraction of sp³-hybridized carbons (Fsp3) is 0.417. The van der Waals surface area contributed by atoms with E-state index in [0.717, 1.165) is 11.8 Å². The quantitative estimate of drug-likeness (QED) is 0.753. The summed E-state index contributed by atoms with van der Waals surface area (Å²) < 4.78 is 28.0. The molecule has 1 saturated carbocycles. The molecule has 1 aliphatic rings. The van der Waals surface area contributed by atoms with E-state index in [1.807, 2.05) is 12.1 Å². The van der Waals surface area contributed by atoms with Crippen LogP contribution in [0.4, 0.5) is 0 Å². The number of ether oxygens (including phenoxy) is 1. The van der Waals surface area contributed by atoms with Crippen LogP contribution in [0, 0.1) is 5.92 Å². The number of methoxy groups -OCH3 is 1. The summed E-state index contributed by atoms with van der Waals surface area (Å²) in [4.78, 5) is 10.8. The van der Waals surface area contributed by atoms with Crippen molar-refractivity contribution in [1.29, 1.82) is 0 Å². The van der Waals surface area contributed by atoms with Gasteiger partial charge in [-0.1, -0.05) is 12.1 Å². The van der Waals surface area contributed by atoms with E-state index < -0.39 is 21.0 Å². The first kappa shape index (κ1) is 12.1. The minimum Gasteiger partial charge on any atom is -0.497 e. The van der Waals surface area contributed by atoms with Crippen LogP contribution in [0.1, 0.15) is 11.5 Å². The van der Waals surface area contributed by atoms with Crippen LogP contribution in [-0.2, 0) is 14.6 Å². The fourth-order valence-electron chi connectivity index (χ4n) is 2.26. The van der Waals surface area contributed by atoms with E-state index in [1.165, 1.54) is 6.26 Å². The third-order valence-corrected chi connectivity index (χ3v) is 4.76. The molecule has 0 aliphatic heterocycles. The van der Waals surface area contributed by atoms with Gasteiger partial charge < -0.3 is 9.53 Å². The van der Waals surface area contributed by atoms with Crippen LogP contribution in [-0.4, -0.2) is 33.3 Å². The Balaban J connectivity index is 2.26. The second kappa shape index (κ2) is 4.14. The normalized spacial score (nSPS) is 27.5. The zero-order valence-corrected chi connectivity index (χ0v) is 10.5. The molecule has 1 aliphatic carbocycles. The molecule has 5 heteroatoms. The second-order valence-corrected chi connectivity index (χ2v) is 6.51. The smallest absolute Gasteiger partial charge is 0.151 e. The molecule has 0 spiro atoms. The lowest BCUT2D eigenvalue weighted by Crippen LogP contribution is -2.07. The molecule has 1 aromatic rings. The van der Waals surface area contributed by atoms with Gasteiger partial charge in [0.15, 0.2) is 9.84 Å². The van der Waals surface area contributed by atoms with Crippen LogP contribution in [0.2, 0.25) is 0 Å². The standard InChI is InChI=1S/C12H14O4S/c1-16-9-5-3-8(4-6-9)11-10(7-13)12(11)17(2,14)15/h3-7,10-12H,1-2H3/t10-,11+,12-/m0/s1. The van der Waals surface area contributed by atoms with Crippen molar-refractivity contribution < 1.29 is 17.9 Å². The molecule has 0 radical (unpaired) electrons. The Hall–Kier alpha value is -1.36. The first-order chi connectivity index (χ1) is 7.99. The minimum atomic E-state index is -3.17. The molecule has 0 amide bonds. The largest absolute Gasteiger partial charge is 0.497 e. The molecule has 4 nitrogen and oxygen atoms in total. The average Bonchev–Trinajstić information content (AvgIpc) is 3.03. The first-order valence-corrected chi connectivity index (χ1v) is 7.22. The first-order valence-electron chi connectivity index (χ1n) is 5.27. The van der Waals surface area contributed by atoms with Gasteiger partial charge in [-0.2, -0.15) is 0 Å². The van der Waals surface area contributed by atoms with Crippen molar-refractivity contribution in [1.82, 2.24) is 0 Å². The summed E-state index contributed by atoms with van der Waals surface area (Å²) >= 11 is 0. The highest BCUT2D eigenvalue weighted by Gasteiger charge is 2.57. The number of benzene rings is 1. The molecule has 0 bridgehead atoms. The maximum absolute atomic E-state index is 11.5. The maximum Gasteiger partial charge on any atom is 0.151 e. The van der Waals surface area contributed by atoms with Crippen molar-refractivity contribution in [3.63, 3.8) is 0 Å². The summed E-state index contributed by atoms with van der Waals surface area (Å²) in [5, 5.41) is -0.562. The van der Waals surface area contributed by atoms with Gasteiger partial charge in [-0.15, -0.1) is 0 Å². The Morgan fingerprint density at radius 2 is 1.82 bits per heavy atom. The van der Waals surface area contributed by atoms with Gasteiger partial charge in [0.25, 0.3) is 0 Å². The van der Waals surface area contributed by atoms with E-state index in [1.54, 1.807) is 19.2 Å². The molecule has 0 aromatic heterocycles. The molecule has 0 unspecified atom stereocenters. The van der Waals surface area contributed by atoms with E-state index in [0.29, 0.717) is 5.75 Å². The summed E-state index contributed by atoms with van der Waals surface area (Å²) in [6, 6.07) is 7.17. The predicted molar refractivity (Wildman–Crippen MR) is 63.9 cm³/mol. The fourth-order valence-corrected chi connectivity index (χ4v) is 3.84. The van der Waals surface area contributed by atoms with E-state index in [4.69, 9.17) is 4.74 Å². The number of aldehydes is 1. The lowest BCUT2D eigenvalue weighted by Gasteiger charge is -2.02. The molecule has 0 N–H and O–H groups in total. The molecular weight excluding hydrogens is 240 g/mol. The third-order valence-electron chi connectivity index (χ3n) is 3.16. The molecular formula is C12H14O4S. The average molecular weight is 254 g/mol. The van der Waals surface area contributed by atoms with Crippen LogP contribution in [0.25, 0.3) is 0 Å². The SMILES string of the molecule is COc1ccc([C@@H]2[C@H](C=O)[C@@H]2S(C)(=O)=O)cc1. The van der Waals surface area contributed by atoms with E-state index in [-0.39, 0.29) is 5.92 Å². The molecule has 3 atom stereocenters. The third kappa shape index (κ3) is 2.20. The number of hydrogen-bond acceptors (Lipinski definition) is 4. The zero-order valence-electron chi connectivity index (χ0n) is 9.66. The summed E-state index contributed by atoms with van der Waals surface area (Å²) in [7, 11) is -1.60. The summed E-state index contributed by atoms with van der Waals surface area (Å²) in [5.74, 6) is 0.111. The lowest BCUT2D eigenvalue weighted by molar-refractivity contribution is -0.108. The number of carbonyl (C=O) groups excluding carboxylic acids is 1. The number of carbonyl (C=O) groups is 1. The summed E-state index contributed by atoms with van der Waals surface area (Å²) in [5.41, 5.74) is 0.873. The lowest BCUT2D eigenvalue weighted by atomic mass is 10.1.